The van der Waals surface area contributed by atoms with Gasteiger partial charge in [-0.3, -0.25) is 14.5 Å². The Bertz CT molecular complexity index is 909. The maximum Gasteiger partial charge on any atom is 0.282 e. The van der Waals surface area contributed by atoms with E-state index < -0.39 is 12.0 Å². The van der Waals surface area contributed by atoms with Crippen molar-refractivity contribution in [1.29, 1.82) is 0 Å². The van der Waals surface area contributed by atoms with E-state index in [0.717, 1.165) is 6.42 Å². The van der Waals surface area contributed by atoms with E-state index in [-0.39, 0.29) is 24.9 Å². The summed E-state index contributed by atoms with van der Waals surface area (Å²) in [6.45, 7) is 1.21. The van der Waals surface area contributed by atoms with Gasteiger partial charge in [0.05, 0.1) is 30.0 Å². The topological polar surface area (TPSA) is 65.5 Å². The first-order valence-electron chi connectivity index (χ1n) is 9.22. The van der Waals surface area contributed by atoms with E-state index in [9.17, 15) is 18.4 Å². The molecule has 0 spiro atoms. The summed E-state index contributed by atoms with van der Waals surface area (Å²) in [6, 6.07) is 9.67. The molecule has 1 fully saturated rings. The Hall–Kier alpha value is -3.03. The number of para-hydroxylation sites is 2. The summed E-state index contributed by atoms with van der Waals surface area (Å²) in [6.07, 6.45) is 2.65. The van der Waals surface area contributed by atoms with Gasteiger partial charge in [0.15, 0.2) is 0 Å². The molecule has 1 saturated heterocycles. The smallest absolute Gasteiger partial charge is 0.282 e. The molecule has 0 unspecified atom stereocenters. The molecule has 1 aromatic carbocycles. The van der Waals surface area contributed by atoms with Gasteiger partial charge in [0, 0.05) is 6.20 Å². The van der Waals surface area contributed by atoms with Crippen LogP contribution in [0.1, 0.15) is 30.1 Å². The molecule has 1 aromatic heterocycles. The number of benzene rings is 1. The van der Waals surface area contributed by atoms with Gasteiger partial charge in [-0.25, -0.2) is 13.8 Å². The van der Waals surface area contributed by atoms with E-state index in [1.54, 1.807) is 30.3 Å². The fourth-order valence-corrected chi connectivity index (χ4v) is 3.59. The number of fused-ring (bicyclic) bond motifs is 1. The zero-order valence-corrected chi connectivity index (χ0v) is 15.4. The number of hydrogen-bond donors (Lipinski definition) is 1. The highest BCUT2D eigenvalue weighted by atomic mass is 19.3. The number of carbonyl (C=O) groups excluding carboxylic acids is 2. The molecule has 2 aliphatic rings. The first-order valence-corrected chi connectivity index (χ1v) is 9.22. The lowest BCUT2D eigenvalue weighted by Crippen LogP contribution is -2.56. The summed E-state index contributed by atoms with van der Waals surface area (Å²) in [4.78, 5) is 32.9. The molecule has 2 amide bonds. The van der Waals surface area contributed by atoms with Crippen molar-refractivity contribution < 1.29 is 18.4 Å². The van der Waals surface area contributed by atoms with Crippen LogP contribution in [0.15, 0.2) is 42.6 Å². The predicted molar refractivity (Wildman–Crippen MR) is 102 cm³/mol. The van der Waals surface area contributed by atoms with Crippen molar-refractivity contribution >= 4 is 29.0 Å². The second-order valence-corrected chi connectivity index (χ2v) is 7.10. The maximum absolute atomic E-state index is 13.2. The minimum absolute atomic E-state index is 0.221. The van der Waals surface area contributed by atoms with Crippen molar-refractivity contribution in [2.45, 2.75) is 31.7 Å². The average molecular weight is 386 g/mol. The third-order valence-electron chi connectivity index (χ3n) is 4.98. The van der Waals surface area contributed by atoms with Gasteiger partial charge in [0.2, 0.25) is 5.91 Å². The van der Waals surface area contributed by atoms with E-state index in [0.29, 0.717) is 29.2 Å². The summed E-state index contributed by atoms with van der Waals surface area (Å²) in [5.41, 5.74) is 1.53. The molecule has 2 aliphatic heterocycles. The zero-order valence-electron chi connectivity index (χ0n) is 15.4. The third kappa shape index (κ3) is 3.19. The van der Waals surface area contributed by atoms with Crippen LogP contribution in [0.5, 0.6) is 0 Å². The van der Waals surface area contributed by atoms with Crippen molar-refractivity contribution in [3.05, 3.63) is 48.2 Å². The van der Waals surface area contributed by atoms with Crippen LogP contribution < -0.4 is 15.1 Å². The minimum atomic E-state index is -2.69. The molecule has 28 heavy (non-hydrogen) atoms. The Morgan fingerprint density at radius 1 is 1.25 bits per heavy atom. The Balaban J connectivity index is 1.62. The fraction of sp³-hybridized carbons (Fsp3) is 0.350. The van der Waals surface area contributed by atoms with Crippen LogP contribution in [-0.2, 0) is 4.79 Å². The molecule has 146 valence electrons. The molecule has 0 bridgehead atoms. The van der Waals surface area contributed by atoms with Crippen molar-refractivity contribution in [2.75, 3.05) is 28.2 Å². The number of aromatic nitrogens is 1. The molecule has 1 atom stereocenters. The third-order valence-corrected chi connectivity index (χ3v) is 4.98. The van der Waals surface area contributed by atoms with Crippen LogP contribution in [0.25, 0.3) is 0 Å². The van der Waals surface area contributed by atoms with Gasteiger partial charge in [0.1, 0.15) is 11.9 Å². The predicted octanol–water partition coefficient (Wildman–Crippen LogP) is 3.30. The molecule has 6 nitrogen and oxygen atoms in total. The van der Waals surface area contributed by atoms with E-state index in [4.69, 9.17) is 0 Å². The molecule has 8 heteroatoms. The highest BCUT2D eigenvalue weighted by Gasteiger charge is 2.44. The lowest BCUT2D eigenvalue weighted by atomic mass is 10.0. The molecule has 1 N–H and O–H groups in total. The van der Waals surface area contributed by atoms with E-state index in [1.807, 2.05) is 13.0 Å². The van der Waals surface area contributed by atoms with Crippen molar-refractivity contribution in [3.8, 4) is 0 Å². The summed E-state index contributed by atoms with van der Waals surface area (Å²) >= 11 is 0. The average Bonchev–Trinajstić information content (AvgIpc) is 2.66. The molecule has 0 radical (unpaired) electrons. The Morgan fingerprint density at radius 2 is 2.00 bits per heavy atom. The van der Waals surface area contributed by atoms with Crippen LogP contribution in [0, 0.1) is 0 Å². The normalized spacial score (nSPS) is 20.2. The molecule has 3 heterocycles. The van der Waals surface area contributed by atoms with Gasteiger partial charge in [-0.1, -0.05) is 25.5 Å². The maximum atomic E-state index is 13.2. The quantitative estimate of drug-likeness (QED) is 0.876. The Labute approximate surface area is 161 Å². The molecule has 4 rings (SSSR count). The van der Waals surface area contributed by atoms with Crippen molar-refractivity contribution in [3.63, 3.8) is 0 Å². The zero-order chi connectivity index (χ0) is 19.9. The molecule has 0 aliphatic carbocycles. The van der Waals surface area contributed by atoms with Gasteiger partial charge in [-0.2, -0.15) is 0 Å². The van der Waals surface area contributed by atoms with Gasteiger partial charge in [-0.15, -0.1) is 0 Å². The second-order valence-electron chi connectivity index (χ2n) is 7.10. The highest BCUT2D eigenvalue weighted by Crippen LogP contribution is 2.35. The lowest BCUT2D eigenvalue weighted by molar-refractivity contribution is -0.117. The van der Waals surface area contributed by atoms with Crippen molar-refractivity contribution in [2.24, 2.45) is 0 Å². The number of halogens is 2. The summed E-state index contributed by atoms with van der Waals surface area (Å²) in [7, 11) is 0. The molecule has 2 aromatic rings. The summed E-state index contributed by atoms with van der Waals surface area (Å²) in [5.74, 6) is -2.84. The number of nitrogens with zero attached hydrogens (tertiary/aromatic N) is 3. The van der Waals surface area contributed by atoms with Crippen LogP contribution in [0.3, 0.4) is 0 Å². The number of nitrogens with one attached hydrogen (secondary N) is 1. The first-order chi connectivity index (χ1) is 13.4. The number of pyridine rings is 1. The molecular weight excluding hydrogens is 366 g/mol. The summed E-state index contributed by atoms with van der Waals surface area (Å²) < 4.78 is 26.1. The van der Waals surface area contributed by atoms with Crippen LogP contribution in [0.2, 0.25) is 0 Å². The van der Waals surface area contributed by atoms with Gasteiger partial charge >= 0.3 is 0 Å². The second kappa shape index (κ2) is 6.85. The van der Waals surface area contributed by atoms with E-state index >= 15 is 0 Å². The van der Waals surface area contributed by atoms with Crippen LogP contribution in [-0.4, -0.2) is 41.9 Å². The number of carbonyl (C=O) groups is 2. The number of anilines is 3. The Morgan fingerprint density at radius 3 is 2.64 bits per heavy atom. The summed E-state index contributed by atoms with van der Waals surface area (Å²) in [5, 5.41) is 2.85. The standard InChI is InChI=1S/C20H20F2N4O2/c1-2-5-16-18(27)24-14-6-3-4-7-15(14)26(16)19(28)13-8-9-17(23-10-13)25-11-20(21,22)12-25/h3-4,6-10,16H,2,5,11-12H2,1H3,(H,24,27)/t16-/m0/s1. The van der Waals surface area contributed by atoms with Crippen LogP contribution >= 0.6 is 0 Å². The first kappa shape index (κ1) is 18.3. The van der Waals surface area contributed by atoms with Gasteiger partial charge < -0.3 is 10.2 Å². The number of amides is 2. The number of alkyl halides is 2. The molecule has 0 saturated carbocycles. The largest absolute Gasteiger partial charge is 0.344 e. The highest BCUT2D eigenvalue weighted by molar-refractivity contribution is 6.16. The van der Waals surface area contributed by atoms with E-state index in [1.165, 1.54) is 16.0 Å². The fourth-order valence-electron chi connectivity index (χ4n) is 3.59. The van der Waals surface area contributed by atoms with Crippen molar-refractivity contribution in [1.82, 2.24) is 4.98 Å². The van der Waals surface area contributed by atoms with Crippen LogP contribution in [0.4, 0.5) is 26.0 Å². The van der Waals surface area contributed by atoms with Gasteiger partial charge in [-0.05, 0) is 30.7 Å². The number of hydrogen-bond acceptors (Lipinski definition) is 4. The lowest BCUT2D eigenvalue weighted by Gasteiger charge is -2.39. The monoisotopic (exact) mass is 386 g/mol. The SMILES string of the molecule is CCC[C@H]1C(=O)Nc2ccccc2N1C(=O)c1ccc(N2CC(F)(F)C2)nc1. The Kier molecular flexibility index (Phi) is 4.49. The minimum Gasteiger partial charge on any atom is -0.344 e. The number of rotatable bonds is 4. The van der Waals surface area contributed by atoms with E-state index in [2.05, 4.69) is 10.3 Å². The molecular formula is C20H20F2N4O2. The van der Waals surface area contributed by atoms with Gasteiger partial charge in [0.25, 0.3) is 11.8 Å².